The largest absolute Gasteiger partial charge is 0.507 e. The number of aromatic nitrogens is 2. The Morgan fingerprint density at radius 1 is 1.33 bits per heavy atom. The first-order chi connectivity index (χ1) is 12.8. The molecule has 1 saturated heterocycles. The van der Waals surface area contributed by atoms with E-state index >= 15 is 0 Å². The molecule has 1 aromatic carbocycles. The molecule has 0 aliphatic carbocycles. The smallest absolute Gasteiger partial charge is 0.259 e. The number of aromatic hydroxyl groups is 1. The summed E-state index contributed by atoms with van der Waals surface area (Å²) in [6.07, 6.45) is 2.83. The number of nitrogens with zero attached hydrogens (tertiary/aromatic N) is 3. The van der Waals surface area contributed by atoms with Crippen LogP contribution in [0.25, 0.3) is 0 Å². The maximum Gasteiger partial charge on any atom is 0.259 e. The Hall–Kier alpha value is -2.94. The van der Waals surface area contributed by atoms with Gasteiger partial charge in [0.15, 0.2) is 0 Å². The number of anilines is 1. The van der Waals surface area contributed by atoms with E-state index in [0.29, 0.717) is 18.8 Å². The summed E-state index contributed by atoms with van der Waals surface area (Å²) < 4.78 is 20.3. The van der Waals surface area contributed by atoms with E-state index < -0.39 is 11.7 Å². The molecule has 1 fully saturated rings. The van der Waals surface area contributed by atoms with Gasteiger partial charge in [-0.15, -0.1) is 0 Å². The van der Waals surface area contributed by atoms with Crippen LogP contribution >= 0.6 is 0 Å². The van der Waals surface area contributed by atoms with Crippen LogP contribution < -0.4 is 5.32 Å². The van der Waals surface area contributed by atoms with E-state index in [0.717, 1.165) is 18.2 Å². The summed E-state index contributed by atoms with van der Waals surface area (Å²) in [7, 11) is 0. The van der Waals surface area contributed by atoms with Crippen molar-refractivity contribution < 1.29 is 23.8 Å². The highest BCUT2D eigenvalue weighted by Gasteiger charge is 2.26. The van der Waals surface area contributed by atoms with Crippen LogP contribution in [0.4, 0.5) is 10.1 Å². The molecule has 2 unspecified atom stereocenters. The molecular formula is C18H21FN4O4. The van der Waals surface area contributed by atoms with Crippen LogP contribution in [0, 0.1) is 5.82 Å². The quantitative estimate of drug-likeness (QED) is 0.845. The van der Waals surface area contributed by atoms with E-state index in [1.165, 1.54) is 17.1 Å². The minimum absolute atomic E-state index is 0.0240. The lowest BCUT2D eigenvalue weighted by molar-refractivity contribution is -0.144. The lowest BCUT2D eigenvalue weighted by Crippen LogP contribution is -2.49. The maximum absolute atomic E-state index is 13.3. The van der Waals surface area contributed by atoms with Gasteiger partial charge in [-0.2, -0.15) is 5.10 Å². The summed E-state index contributed by atoms with van der Waals surface area (Å²) in [6, 6.07) is 3.11. The van der Waals surface area contributed by atoms with Crippen molar-refractivity contribution in [3.63, 3.8) is 0 Å². The van der Waals surface area contributed by atoms with Gasteiger partial charge < -0.3 is 20.1 Å². The molecule has 9 heteroatoms. The first-order valence-corrected chi connectivity index (χ1v) is 8.57. The number of rotatable bonds is 4. The zero-order valence-electron chi connectivity index (χ0n) is 15.1. The van der Waals surface area contributed by atoms with Crippen molar-refractivity contribution in [2.75, 3.05) is 18.4 Å². The number of halogens is 1. The van der Waals surface area contributed by atoms with Crippen molar-refractivity contribution in [1.29, 1.82) is 0 Å². The van der Waals surface area contributed by atoms with E-state index in [-0.39, 0.29) is 36.0 Å². The molecule has 2 atom stereocenters. The number of hydrogen-bond donors (Lipinski definition) is 2. The Labute approximate surface area is 155 Å². The highest BCUT2D eigenvalue weighted by atomic mass is 19.1. The van der Waals surface area contributed by atoms with Gasteiger partial charge in [-0.3, -0.25) is 14.3 Å². The Morgan fingerprint density at radius 3 is 2.74 bits per heavy atom. The number of carbonyl (C=O) groups is 2. The maximum atomic E-state index is 13.3. The molecule has 3 rings (SSSR count). The van der Waals surface area contributed by atoms with Gasteiger partial charge in [0, 0.05) is 19.3 Å². The van der Waals surface area contributed by atoms with Gasteiger partial charge >= 0.3 is 0 Å². The zero-order valence-corrected chi connectivity index (χ0v) is 15.1. The number of benzene rings is 1. The molecule has 144 valence electrons. The summed E-state index contributed by atoms with van der Waals surface area (Å²) in [5.41, 5.74) is 0.148. The average Bonchev–Trinajstić information content (AvgIpc) is 3.03. The molecule has 0 spiro atoms. The van der Waals surface area contributed by atoms with Gasteiger partial charge in [0.05, 0.1) is 29.7 Å². The highest BCUT2D eigenvalue weighted by Crippen LogP contribution is 2.19. The number of phenols is 1. The fraction of sp³-hybridized carbons (Fsp3) is 0.389. The molecule has 1 aliphatic heterocycles. The first kappa shape index (κ1) is 18.8. The van der Waals surface area contributed by atoms with E-state index in [2.05, 4.69) is 10.4 Å². The lowest BCUT2D eigenvalue weighted by atomic mass is 10.2. The van der Waals surface area contributed by atoms with E-state index in [1.807, 2.05) is 13.8 Å². The van der Waals surface area contributed by atoms with Crippen molar-refractivity contribution in [3.05, 3.63) is 42.0 Å². The number of hydrogen-bond acceptors (Lipinski definition) is 5. The fourth-order valence-corrected chi connectivity index (χ4v) is 3.02. The van der Waals surface area contributed by atoms with E-state index in [4.69, 9.17) is 4.74 Å². The second-order valence-corrected chi connectivity index (χ2v) is 6.60. The number of nitrogens with one attached hydrogen (secondary N) is 1. The normalized spacial score (nSPS) is 19.7. The second kappa shape index (κ2) is 7.75. The number of phenolic OH excluding ortho intramolecular Hbond substituents is 1. The monoisotopic (exact) mass is 376 g/mol. The van der Waals surface area contributed by atoms with Crippen molar-refractivity contribution in [3.8, 4) is 5.75 Å². The van der Waals surface area contributed by atoms with Gasteiger partial charge in [0.1, 0.15) is 18.1 Å². The minimum atomic E-state index is -0.672. The molecule has 0 radical (unpaired) electrons. The topological polar surface area (TPSA) is 96.7 Å². The van der Waals surface area contributed by atoms with Crippen LogP contribution in [0.2, 0.25) is 0 Å². The van der Waals surface area contributed by atoms with Crippen LogP contribution in [0.15, 0.2) is 30.6 Å². The third-order valence-electron chi connectivity index (χ3n) is 4.16. The van der Waals surface area contributed by atoms with Crippen molar-refractivity contribution in [2.24, 2.45) is 0 Å². The van der Waals surface area contributed by atoms with Gasteiger partial charge in [-0.25, -0.2) is 4.39 Å². The third kappa shape index (κ3) is 4.62. The van der Waals surface area contributed by atoms with Gasteiger partial charge in [0.25, 0.3) is 5.91 Å². The fourth-order valence-electron chi connectivity index (χ4n) is 3.02. The molecule has 2 heterocycles. The molecule has 2 N–H and O–H groups in total. The molecule has 0 saturated carbocycles. The average molecular weight is 376 g/mol. The van der Waals surface area contributed by atoms with Gasteiger partial charge in [-0.05, 0) is 32.0 Å². The molecule has 27 heavy (non-hydrogen) atoms. The summed E-state index contributed by atoms with van der Waals surface area (Å²) in [5, 5.41) is 16.3. The summed E-state index contributed by atoms with van der Waals surface area (Å²) in [6.45, 7) is 4.90. The SMILES string of the molecule is CC1CN(C(=O)Cn2cc(NC(=O)c3cc(F)ccc3O)cn2)CC(C)O1. The molecule has 1 aliphatic rings. The highest BCUT2D eigenvalue weighted by molar-refractivity contribution is 6.06. The number of carbonyl (C=O) groups excluding carboxylic acids is 2. The van der Waals surface area contributed by atoms with Gasteiger partial charge in [0.2, 0.25) is 5.91 Å². The van der Waals surface area contributed by atoms with Crippen LogP contribution in [-0.2, 0) is 16.1 Å². The molecule has 2 amide bonds. The Bertz CT molecular complexity index is 844. The lowest BCUT2D eigenvalue weighted by Gasteiger charge is -2.35. The Balaban J connectivity index is 1.62. The van der Waals surface area contributed by atoms with Crippen LogP contribution in [0.5, 0.6) is 5.75 Å². The predicted molar refractivity (Wildman–Crippen MR) is 94.8 cm³/mol. The van der Waals surface area contributed by atoms with Crippen molar-refractivity contribution in [2.45, 2.75) is 32.6 Å². The molecule has 0 bridgehead atoms. The second-order valence-electron chi connectivity index (χ2n) is 6.60. The van der Waals surface area contributed by atoms with E-state index in [9.17, 15) is 19.1 Å². The first-order valence-electron chi connectivity index (χ1n) is 8.57. The van der Waals surface area contributed by atoms with Crippen LogP contribution in [0.3, 0.4) is 0 Å². The molecule has 2 aromatic rings. The minimum Gasteiger partial charge on any atom is -0.507 e. The summed E-state index contributed by atoms with van der Waals surface area (Å²) in [4.78, 5) is 26.3. The van der Waals surface area contributed by atoms with Crippen LogP contribution in [-0.4, -0.2) is 56.9 Å². The number of ether oxygens (including phenoxy) is 1. The third-order valence-corrected chi connectivity index (χ3v) is 4.16. The number of morpholine rings is 1. The predicted octanol–water partition coefficient (Wildman–Crippen LogP) is 1.62. The molecular weight excluding hydrogens is 355 g/mol. The number of amides is 2. The van der Waals surface area contributed by atoms with Crippen molar-refractivity contribution >= 4 is 17.5 Å². The Kier molecular flexibility index (Phi) is 5.41. The standard InChI is InChI=1S/C18H21FN4O4/c1-11-7-22(8-12(2)27-11)17(25)10-23-9-14(6-20-23)21-18(26)15-5-13(19)3-4-16(15)24/h3-6,9,11-12,24H,7-8,10H2,1-2H3,(H,21,26). The van der Waals surface area contributed by atoms with E-state index in [1.54, 1.807) is 4.90 Å². The molecule has 1 aromatic heterocycles. The van der Waals surface area contributed by atoms with Crippen molar-refractivity contribution in [1.82, 2.24) is 14.7 Å². The van der Waals surface area contributed by atoms with Gasteiger partial charge in [-0.1, -0.05) is 0 Å². The Morgan fingerprint density at radius 2 is 2.04 bits per heavy atom. The zero-order chi connectivity index (χ0) is 19.6. The summed E-state index contributed by atoms with van der Waals surface area (Å²) in [5.74, 6) is -1.73. The summed E-state index contributed by atoms with van der Waals surface area (Å²) >= 11 is 0. The molecule has 8 nitrogen and oxygen atoms in total. The van der Waals surface area contributed by atoms with Crippen LogP contribution in [0.1, 0.15) is 24.2 Å².